The van der Waals surface area contributed by atoms with Gasteiger partial charge in [0.15, 0.2) is 11.3 Å². The van der Waals surface area contributed by atoms with E-state index >= 15 is 0 Å². The van der Waals surface area contributed by atoms with Gasteiger partial charge in [-0.05, 0) is 33.8 Å². The van der Waals surface area contributed by atoms with Crippen LogP contribution in [0.2, 0.25) is 0 Å². The van der Waals surface area contributed by atoms with Crippen LogP contribution in [0.3, 0.4) is 0 Å². The van der Waals surface area contributed by atoms with Crippen LogP contribution in [0.25, 0.3) is 16.9 Å². The number of carbonyl (C=O) groups excluding carboxylic acids is 2. The highest BCUT2D eigenvalue weighted by Gasteiger charge is 2.22. The molecule has 11 nitrogen and oxygen atoms in total. The van der Waals surface area contributed by atoms with Crippen molar-refractivity contribution in [2.75, 3.05) is 12.4 Å². The van der Waals surface area contributed by atoms with Crippen LogP contribution < -0.4 is 16.4 Å². The molecule has 3 rings (SSSR count). The van der Waals surface area contributed by atoms with Crippen LogP contribution in [-0.2, 0) is 11.8 Å². The summed E-state index contributed by atoms with van der Waals surface area (Å²) in [4.78, 5) is 32.8. The number of ether oxygens (including phenoxy) is 1. The molecule has 0 aliphatic heterocycles. The predicted molar refractivity (Wildman–Crippen MR) is 111 cm³/mol. The van der Waals surface area contributed by atoms with E-state index in [0.29, 0.717) is 28.5 Å². The van der Waals surface area contributed by atoms with Crippen molar-refractivity contribution in [1.29, 1.82) is 0 Å². The summed E-state index contributed by atoms with van der Waals surface area (Å²) in [6.07, 6.45) is 2.90. The molecule has 0 saturated carbocycles. The van der Waals surface area contributed by atoms with Crippen molar-refractivity contribution >= 4 is 23.6 Å². The first-order chi connectivity index (χ1) is 14.0. The number of rotatable bonds is 5. The molecule has 160 valence electrons. The summed E-state index contributed by atoms with van der Waals surface area (Å²) >= 11 is 0. The lowest BCUT2D eigenvalue weighted by atomic mass is 10.2. The maximum Gasteiger partial charge on any atom is 0.408 e. The molecule has 2 amide bonds. The second-order valence-electron chi connectivity index (χ2n) is 7.88. The fourth-order valence-electron chi connectivity index (χ4n) is 2.97. The number of amides is 2. The van der Waals surface area contributed by atoms with Gasteiger partial charge in [0.2, 0.25) is 5.95 Å². The fraction of sp³-hybridized carbons (Fsp3) is 0.421. The highest BCUT2D eigenvalue weighted by Crippen LogP contribution is 2.27. The van der Waals surface area contributed by atoms with Gasteiger partial charge in [-0.1, -0.05) is 0 Å². The SMILES string of the molecule is CNc1ncc(-c2cc(C(N)=O)nn2C)c2nc(C(C)NC(=O)OC(C)(C)C)cn12. The lowest BCUT2D eigenvalue weighted by Crippen LogP contribution is -2.34. The van der Waals surface area contributed by atoms with Crippen LogP contribution in [0.4, 0.5) is 10.7 Å². The summed E-state index contributed by atoms with van der Waals surface area (Å²) in [6, 6.07) is 1.18. The molecule has 0 spiro atoms. The monoisotopic (exact) mass is 414 g/mol. The minimum Gasteiger partial charge on any atom is -0.444 e. The smallest absolute Gasteiger partial charge is 0.408 e. The molecule has 0 fully saturated rings. The number of hydrogen-bond acceptors (Lipinski definition) is 7. The third-order valence-corrected chi connectivity index (χ3v) is 4.32. The van der Waals surface area contributed by atoms with E-state index in [0.717, 1.165) is 0 Å². The number of hydrogen-bond donors (Lipinski definition) is 3. The molecule has 4 N–H and O–H groups in total. The lowest BCUT2D eigenvalue weighted by molar-refractivity contribution is 0.0507. The van der Waals surface area contributed by atoms with Gasteiger partial charge in [-0.2, -0.15) is 5.10 Å². The van der Waals surface area contributed by atoms with Crippen molar-refractivity contribution in [2.24, 2.45) is 12.8 Å². The first-order valence-electron chi connectivity index (χ1n) is 9.39. The summed E-state index contributed by atoms with van der Waals surface area (Å²) in [5.74, 6) is -0.0545. The Morgan fingerprint density at radius 3 is 2.57 bits per heavy atom. The molecule has 0 bridgehead atoms. The summed E-state index contributed by atoms with van der Waals surface area (Å²) in [6.45, 7) is 7.21. The van der Waals surface area contributed by atoms with E-state index in [-0.39, 0.29) is 5.69 Å². The first-order valence-corrected chi connectivity index (χ1v) is 9.39. The van der Waals surface area contributed by atoms with E-state index < -0.39 is 23.6 Å². The predicted octanol–water partition coefficient (Wildman–Crippen LogP) is 1.86. The topological polar surface area (TPSA) is 141 Å². The van der Waals surface area contributed by atoms with E-state index in [4.69, 9.17) is 15.5 Å². The van der Waals surface area contributed by atoms with Crippen LogP contribution >= 0.6 is 0 Å². The van der Waals surface area contributed by atoms with Crippen molar-refractivity contribution in [3.8, 4) is 11.3 Å². The minimum atomic E-state index is -0.619. The second-order valence-corrected chi connectivity index (χ2v) is 7.88. The normalized spacial score (nSPS) is 12.6. The molecule has 0 aromatic carbocycles. The van der Waals surface area contributed by atoms with Gasteiger partial charge in [0, 0.05) is 26.5 Å². The van der Waals surface area contributed by atoms with Gasteiger partial charge in [0.25, 0.3) is 5.91 Å². The Hall–Kier alpha value is -3.63. The Labute approximate surface area is 173 Å². The third-order valence-electron chi connectivity index (χ3n) is 4.32. The zero-order valence-electron chi connectivity index (χ0n) is 17.8. The van der Waals surface area contributed by atoms with Gasteiger partial charge >= 0.3 is 6.09 Å². The summed E-state index contributed by atoms with van der Waals surface area (Å²) < 4.78 is 8.64. The van der Waals surface area contributed by atoms with E-state index in [9.17, 15) is 9.59 Å². The van der Waals surface area contributed by atoms with Gasteiger partial charge in [0.05, 0.1) is 23.0 Å². The molecular formula is C19H26N8O3. The minimum absolute atomic E-state index is 0.148. The number of aromatic nitrogens is 5. The Kier molecular flexibility index (Phi) is 5.38. The average Bonchev–Trinajstić information content (AvgIpc) is 3.23. The Balaban J connectivity index is 2.03. The molecule has 0 saturated heterocycles. The molecule has 0 radical (unpaired) electrons. The largest absolute Gasteiger partial charge is 0.444 e. The van der Waals surface area contributed by atoms with Gasteiger partial charge < -0.3 is 21.1 Å². The third kappa shape index (κ3) is 4.19. The number of imidazole rings is 1. The summed E-state index contributed by atoms with van der Waals surface area (Å²) in [5, 5.41) is 9.94. The molecule has 3 aromatic heterocycles. The number of carbonyl (C=O) groups is 2. The quantitative estimate of drug-likeness (QED) is 0.578. The number of nitrogens with two attached hydrogens (primary N) is 1. The average molecular weight is 414 g/mol. The maximum absolute atomic E-state index is 12.1. The summed E-state index contributed by atoms with van der Waals surface area (Å²) in [7, 11) is 3.46. The lowest BCUT2D eigenvalue weighted by Gasteiger charge is -2.21. The number of nitrogens with one attached hydrogen (secondary N) is 2. The summed E-state index contributed by atoms with van der Waals surface area (Å²) in [5.41, 5.74) is 7.39. The van der Waals surface area contributed by atoms with Crippen LogP contribution in [0, 0.1) is 0 Å². The van der Waals surface area contributed by atoms with Crippen LogP contribution in [0.5, 0.6) is 0 Å². The number of nitrogens with zero attached hydrogens (tertiary/aromatic N) is 5. The number of fused-ring (bicyclic) bond motifs is 1. The molecule has 1 atom stereocenters. The molecular weight excluding hydrogens is 388 g/mol. The number of alkyl carbamates (subject to hydrolysis) is 1. The van der Waals surface area contributed by atoms with Crippen LogP contribution in [0.15, 0.2) is 18.5 Å². The molecule has 0 aliphatic rings. The molecule has 3 aromatic rings. The number of primary amides is 1. The van der Waals surface area contributed by atoms with Crippen molar-refractivity contribution in [3.63, 3.8) is 0 Å². The number of anilines is 1. The molecule has 0 aliphatic carbocycles. The Bertz CT molecular complexity index is 1110. The van der Waals surface area contributed by atoms with E-state index in [1.54, 1.807) is 62.4 Å². The van der Waals surface area contributed by atoms with Crippen molar-refractivity contribution in [1.82, 2.24) is 29.5 Å². The molecule has 1 unspecified atom stereocenters. The van der Waals surface area contributed by atoms with E-state index in [2.05, 4.69) is 20.7 Å². The van der Waals surface area contributed by atoms with Crippen LogP contribution in [0.1, 0.15) is 49.9 Å². The fourth-order valence-corrected chi connectivity index (χ4v) is 2.97. The second kappa shape index (κ2) is 7.65. The zero-order chi connectivity index (χ0) is 22.2. The molecule has 11 heteroatoms. The van der Waals surface area contributed by atoms with Crippen molar-refractivity contribution in [2.45, 2.75) is 39.3 Å². The molecule has 30 heavy (non-hydrogen) atoms. The number of aryl methyl sites for hydroxylation is 1. The van der Waals surface area contributed by atoms with Crippen molar-refractivity contribution in [3.05, 3.63) is 29.8 Å². The van der Waals surface area contributed by atoms with Crippen LogP contribution in [-0.4, -0.2) is 48.8 Å². The first kappa shape index (κ1) is 21.1. The standard InChI is InChI=1S/C19H26N8O3/c1-10(23-18(29)30-19(2,3)4)13-9-27-16(24-13)11(8-22-17(27)21-5)14-7-12(15(20)28)25-26(14)6/h7-10H,1-6H3,(H2,20,28)(H,21,22)(H,23,29). The van der Waals surface area contributed by atoms with Gasteiger partial charge in [-0.25, -0.2) is 14.8 Å². The highest BCUT2D eigenvalue weighted by atomic mass is 16.6. The van der Waals surface area contributed by atoms with E-state index in [1.807, 2.05) is 6.92 Å². The van der Waals surface area contributed by atoms with Crippen molar-refractivity contribution < 1.29 is 14.3 Å². The maximum atomic E-state index is 12.1. The van der Waals surface area contributed by atoms with Gasteiger partial charge in [0.1, 0.15) is 5.60 Å². The zero-order valence-corrected chi connectivity index (χ0v) is 17.8. The van der Waals surface area contributed by atoms with E-state index in [1.165, 1.54) is 0 Å². The Morgan fingerprint density at radius 1 is 1.30 bits per heavy atom. The highest BCUT2D eigenvalue weighted by molar-refractivity contribution is 5.92. The van der Waals surface area contributed by atoms with Gasteiger partial charge in [-0.15, -0.1) is 0 Å². The Morgan fingerprint density at radius 2 is 2.00 bits per heavy atom. The van der Waals surface area contributed by atoms with Gasteiger partial charge in [-0.3, -0.25) is 13.9 Å². The molecule has 3 heterocycles.